The third-order valence-electron chi connectivity index (χ3n) is 3.88. The number of fused-ring (bicyclic) bond motifs is 2. The summed E-state index contributed by atoms with van der Waals surface area (Å²) in [5.41, 5.74) is 3.18. The van der Waals surface area contributed by atoms with Crippen molar-refractivity contribution in [2.75, 3.05) is 6.61 Å². The molecule has 2 aliphatic heterocycles. The molecule has 1 saturated heterocycles. The van der Waals surface area contributed by atoms with E-state index in [4.69, 9.17) is 4.74 Å². The lowest BCUT2D eigenvalue weighted by Gasteiger charge is -2.38. The molecule has 0 radical (unpaired) electrons. The van der Waals surface area contributed by atoms with Crippen LogP contribution in [-0.4, -0.2) is 23.8 Å². The predicted octanol–water partition coefficient (Wildman–Crippen LogP) is 2.82. The van der Waals surface area contributed by atoms with E-state index in [9.17, 15) is 0 Å². The average Bonchev–Trinajstić information content (AvgIpc) is 2.68. The molecule has 0 amide bonds. The molecular weight excluding hydrogens is 210 g/mol. The van der Waals surface area contributed by atoms with Gasteiger partial charge < -0.3 is 4.74 Å². The Bertz CT molecular complexity index is 421. The minimum absolute atomic E-state index is 0.195. The summed E-state index contributed by atoms with van der Waals surface area (Å²) in [5.74, 6) is 0. The fraction of sp³-hybridized carbons (Fsp3) is 0.600. The number of benzene rings is 1. The zero-order valence-electron chi connectivity index (χ0n) is 10.9. The van der Waals surface area contributed by atoms with Gasteiger partial charge in [-0.15, -0.1) is 0 Å². The van der Waals surface area contributed by atoms with Gasteiger partial charge in [-0.05, 0) is 17.5 Å². The molecule has 2 aliphatic rings. The van der Waals surface area contributed by atoms with Gasteiger partial charge in [-0.1, -0.05) is 45.0 Å². The van der Waals surface area contributed by atoms with Gasteiger partial charge in [0.2, 0.25) is 0 Å². The number of hydrogen-bond donors (Lipinski definition) is 0. The first kappa shape index (κ1) is 11.2. The smallest absolute Gasteiger partial charge is 0.116 e. The van der Waals surface area contributed by atoms with Crippen LogP contribution in [-0.2, 0) is 17.7 Å². The third kappa shape index (κ3) is 1.90. The molecule has 2 nitrogen and oxygen atoms in total. The fourth-order valence-corrected chi connectivity index (χ4v) is 3.08. The van der Waals surface area contributed by atoms with E-state index >= 15 is 0 Å². The monoisotopic (exact) mass is 231 g/mol. The van der Waals surface area contributed by atoms with Crippen LogP contribution < -0.4 is 0 Å². The lowest BCUT2D eigenvalue weighted by molar-refractivity contribution is -0.0536. The van der Waals surface area contributed by atoms with Crippen molar-refractivity contribution in [3.8, 4) is 0 Å². The summed E-state index contributed by atoms with van der Waals surface area (Å²) in [4.78, 5) is 2.54. The van der Waals surface area contributed by atoms with Gasteiger partial charge in [0.15, 0.2) is 0 Å². The Morgan fingerprint density at radius 2 is 1.88 bits per heavy atom. The van der Waals surface area contributed by atoms with Gasteiger partial charge in [-0.2, -0.15) is 0 Å². The van der Waals surface area contributed by atoms with E-state index in [0.717, 1.165) is 19.6 Å². The van der Waals surface area contributed by atoms with E-state index in [0.29, 0.717) is 6.04 Å². The zero-order chi connectivity index (χ0) is 12.0. The van der Waals surface area contributed by atoms with Crippen LogP contribution in [0.3, 0.4) is 0 Å². The van der Waals surface area contributed by atoms with Gasteiger partial charge in [0.05, 0.1) is 6.61 Å². The van der Waals surface area contributed by atoms with Gasteiger partial charge in [0.25, 0.3) is 0 Å². The van der Waals surface area contributed by atoms with Gasteiger partial charge in [0.1, 0.15) is 6.23 Å². The van der Waals surface area contributed by atoms with Crippen molar-refractivity contribution in [1.29, 1.82) is 0 Å². The molecule has 0 aliphatic carbocycles. The second-order valence-electron chi connectivity index (χ2n) is 6.35. The van der Waals surface area contributed by atoms with Crippen LogP contribution in [0, 0.1) is 5.41 Å². The summed E-state index contributed by atoms with van der Waals surface area (Å²) in [6.45, 7) is 8.72. The molecule has 0 spiro atoms. The van der Waals surface area contributed by atoms with Crippen molar-refractivity contribution < 1.29 is 4.74 Å². The molecule has 0 saturated carbocycles. The van der Waals surface area contributed by atoms with Gasteiger partial charge in [0, 0.05) is 18.0 Å². The van der Waals surface area contributed by atoms with E-state index in [-0.39, 0.29) is 11.6 Å². The Morgan fingerprint density at radius 3 is 2.59 bits per heavy atom. The minimum Gasteiger partial charge on any atom is -0.361 e. The minimum atomic E-state index is 0.195. The van der Waals surface area contributed by atoms with Crippen LogP contribution in [0.5, 0.6) is 0 Å². The quantitative estimate of drug-likeness (QED) is 0.681. The van der Waals surface area contributed by atoms with Crippen molar-refractivity contribution in [2.24, 2.45) is 5.41 Å². The number of rotatable bonds is 0. The maximum Gasteiger partial charge on any atom is 0.116 e. The normalized spacial score (nSPS) is 28.9. The molecule has 17 heavy (non-hydrogen) atoms. The highest BCUT2D eigenvalue weighted by Gasteiger charge is 2.42. The lowest BCUT2D eigenvalue weighted by atomic mass is 9.89. The topological polar surface area (TPSA) is 12.5 Å². The van der Waals surface area contributed by atoms with Crippen LogP contribution in [0.4, 0.5) is 0 Å². The van der Waals surface area contributed by atoms with Crippen LogP contribution in [0.15, 0.2) is 24.3 Å². The Morgan fingerprint density at radius 1 is 1.18 bits per heavy atom. The highest BCUT2D eigenvalue weighted by Crippen LogP contribution is 2.37. The molecule has 2 atom stereocenters. The van der Waals surface area contributed by atoms with Gasteiger partial charge in [-0.3, -0.25) is 4.90 Å². The molecule has 3 rings (SSSR count). The Hall–Kier alpha value is -0.860. The van der Waals surface area contributed by atoms with Crippen molar-refractivity contribution in [3.05, 3.63) is 35.4 Å². The molecule has 0 N–H and O–H groups in total. The summed E-state index contributed by atoms with van der Waals surface area (Å²) in [5, 5.41) is 0. The molecule has 1 fully saturated rings. The molecule has 1 aromatic carbocycles. The molecular formula is C15H21NO. The van der Waals surface area contributed by atoms with E-state index in [1.165, 1.54) is 11.1 Å². The van der Waals surface area contributed by atoms with Crippen LogP contribution in [0.25, 0.3) is 0 Å². The maximum atomic E-state index is 6.02. The predicted molar refractivity (Wildman–Crippen MR) is 68.7 cm³/mol. The maximum absolute atomic E-state index is 6.02. The van der Waals surface area contributed by atoms with E-state index in [1.54, 1.807) is 0 Å². The third-order valence-corrected chi connectivity index (χ3v) is 3.88. The highest BCUT2D eigenvalue weighted by molar-refractivity contribution is 5.30. The number of ether oxygens (including phenoxy) is 1. The molecule has 1 aromatic rings. The van der Waals surface area contributed by atoms with Crippen molar-refractivity contribution in [2.45, 2.75) is 46.0 Å². The van der Waals surface area contributed by atoms with Crippen molar-refractivity contribution >= 4 is 0 Å². The summed E-state index contributed by atoms with van der Waals surface area (Å²) >= 11 is 0. The van der Waals surface area contributed by atoms with Crippen LogP contribution >= 0.6 is 0 Å². The standard InChI is InChI=1S/C15H21NO/c1-15(2,3)14-16-9-12-7-5-4-6-11(12)8-13(16)10-17-14/h4-7,13-14H,8-10H2,1-3H3/t13-,14?/m0/s1. The molecule has 0 aromatic heterocycles. The summed E-state index contributed by atoms with van der Waals surface area (Å²) < 4.78 is 6.02. The summed E-state index contributed by atoms with van der Waals surface area (Å²) in [6, 6.07) is 9.38. The second-order valence-corrected chi connectivity index (χ2v) is 6.35. The van der Waals surface area contributed by atoms with Crippen molar-refractivity contribution in [3.63, 3.8) is 0 Å². The molecule has 2 heterocycles. The molecule has 1 unspecified atom stereocenters. The number of hydrogen-bond acceptors (Lipinski definition) is 2. The van der Waals surface area contributed by atoms with E-state index in [1.807, 2.05) is 0 Å². The Labute approximate surface area is 104 Å². The van der Waals surface area contributed by atoms with Crippen LogP contribution in [0.2, 0.25) is 0 Å². The molecule has 0 bridgehead atoms. The average molecular weight is 231 g/mol. The zero-order valence-corrected chi connectivity index (χ0v) is 10.9. The second kappa shape index (κ2) is 3.82. The number of nitrogens with zero attached hydrogens (tertiary/aromatic N) is 1. The molecule has 92 valence electrons. The van der Waals surface area contributed by atoms with Crippen molar-refractivity contribution in [1.82, 2.24) is 4.90 Å². The highest BCUT2D eigenvalue weighted by atomic mass is 16.5. The summed E-state index contributed by atoms with van der Waals surface area (Å²) in [7, 11) is 0. The van der Waals surface area contributed by atoms with E-state index < -0.39 is 0 Å². The fourth-order valence-electron chi connectivity index (χ4n) is 3.08. The van der Waals surface area contributed by atoms with Crippen LogP contribution in [0.1, 0.15) is 31.9 Å². The largest absolute Gasteiger partial charge is 0.361 e. The Kier molecular flexibility index (Phi) is 2.53. The molecule has 2 heteroatoms. The van der Waals surface area contributed by atoms with E-state index in [2.05, 4.69) is 49.9 Å². The first-order chi connectivity index (χ1) is 8.05. The first-order valence-corrected chi connectivity index (χ1v) is 6.50. The van der Waals surface area contributed by atoms with Gasteiger partial charge >= 0.3 is 0 Å². The van der Waals surface area contributed by atoms with Gasteiger partial charge in [-0.25, -0.2) is 0 Å². The lowest BCUT2D eigenvalue weighted by Crippen LogP contribution is -2.46. The summed E-state index contributed by atoms with van der Waals surface area (Å²) in [6.07, 6.45) is 1.41. The first-order valence-electron chi connectivity index (χ1n) is 6.50. The SMILES string of the molecule is CC(C)(C)C1OC[C@@H]2Cc3ccccc3CN12. The Balaban J connectivity index is 1.89.